The summed E-state index contributed by atoms with van der Waals surface area (Å²) in [6.07, 6.45) is 0. The molecular weight excluding hydrogens is 250 g/mol. The number of anilines is 1. The summed E-state index contributed by atoms with van der Waals surface area (Å²) in [6.45, 7) is 5.06. The molecule has 0 bridgehead atoms. The molecular formula is C16H17N3O. The summed E-state index contributed by atoms with van der Waals surface area (Å²) >= 11 is 0. The maximum Gasteiger partial charge on any atom is 0.256 e. The van der Waals surface area contributed by atoms with E-state index in [9.17, 15) is 4.79 Å². The van der Waals surface area contributed by atoms with Crippen LogP contribution in [-0.2, 0) is 13.1 Å². The Bertz CT molecular complexity index is 694. The monoisotopic (exact) mass is 267 g/mol. The van der Waals surface area contributed by atoms with Gasteiger partial charge >= 0.3 is 0 Å². The summed E-state index contributed by atoms with van der Waals surface area (Å²) in [4.78, 5) is 18.8. The lowest BCUT2D eigenvalue weighted by Gasteiger charge is -2.16. The minimum atomic E-state index is 0.0322. The molecule has 20 heavy (non-hydrogen) atoms. The molecule has 2 heterocycles. The number of aromatic nitrogens is 1. The van der Waals surface area contributed by atoms with E-state index in [1.54, 1.807) is 0 Å². The summed E-state index contributed by atoms with van der Waals surface area (Å²) in [5.41, 5.74) is 11.2. The maximum atomic E-state index is 12.6. The number of carbonyl (C=O) groups is 1. The van der Waals surface area contributed by atoms with Crippen molar-refractivity contribution >= 4 is 11.6 Å². The zero-order valence-corrected chi connectivity index (χ0v) is 11.7. The van der Waals surface area contributed by atoms with Crippen molar-refractivity contribution in [3.63, 3.8) is 0 Å². The molecule has 102 valence electrons. The Morgan fingerprint density at radius 3 is 2.65 bits per heavy atom. The summed E-state index contributed by atoms with van der Waals surface area (Å²) in [5.74, 6) is 0.0322. The first kappa shape index (κ1) is 12.7. The van der Waals surface area contributed by atoms with Gasteiger partial charge in [-0.3, -0.25) is 9.78 Å². The van der Waals surface area contributed by atoms with Crippen LogP contribution in [0.3, 0.4) is 0 Å². The number of nitrogens with zero attached hydrogens (tertiary/aromatic N) is 2. The van der Waals surface area contributed by atoms with Crippen molar-refractivity contribution in [3.8, 4) is 0 Å². The van der Waals surface area contributed by atoms with Crippen LogP contribution in [0.2, 0.25) is 0 Å². The minimum Gasteiger partial charge on any atom is -0.399 e. The number of hydrogen-bond donors (Lipinski definition) is 1. The Kier molecular flexibility index (Phi) is 2.93. The second-order valence-corrected chi connectivity index (χ2v) is 5.27. The molecule has 0 atom stereocenters. The van der Waals surface area contributed by atoms with Gasteiger partial charge in [-0.25, -0.2) is 0 Å². The van der Waals surface area contributed by atoms with Gasteiger partial charge in [-0.2, -0.15) is 0 Å². The van der Waals surface area contributed by atoms with Crippen molar-refractivity contribution < 1.29 is 4.79 Å². The second-order valence-electron chi connectivity index (χ2n) is 5.27. The van der Waals surface area contributed by atoms with Gasteiger partial charge in [0.15, 0.2) is 0 Å². The molecule has 0 spiro atoms. The van der Waals surface area contributed by atoms with E-state index in [0.717, 1.165) is 22.6 Å². The van der Waals surface area contributed by atoms with Gasteiger partial charge in [0.05, 0.1) is 11.3 Å². The quantitative estimate of drug-likeness (QED) is 0.807. The number of carbonyl (C=O) groups excluding carboxylic acids is 1. The molecule has 3 rings (SSSR count). The van der Waals surface area contributed by atoms with E-state index in [1.807, 2.05) is 49.1 Å². The second kappa shape index (κ2) is 4.63. The average molecular weight is 267 g/mol. The molecule has 0 aliphatic carbocycles. The molecule has 0 radical (unpaired) electrons. The predicted molar refractivity (Wildman–Crippen MR) is 78.1 cm³/mol. The van der Waals surface area contributed by atoms with Crippen molar-refractivity contribution in [2.45, 2.75) is 26.9 Å². The van der Waals surface area contributed by atoms with E-state index in [0.29, 0.717) is 18.7 Å². The Hall–Kier alpha value is -2.36. The molecule has 0 fully saturated rings. The van der Waals surface area contributed by atoms with E-state index >= 15 is 0 Å². The molecule has 1 aliphatic rings. The SMILES string of the molecule is Cc1ccc(C(=O)N2Cc3ccc(N)cc3C2)c(C)n1. The number of pyridine rings is 1. The van der Waals surface area contributed by atoms with Crippen LogP contribution in [0.5, 0.6) is 0 Å². The van der Waals surface area contributed by atoms with E-state index in [2.05, 4.69) is 4.98 Å². The molecule has 2 N–H and O–H groups in total. The van der Waals surface area contributed by atoms with Crippen LogP contribution in [-0.4, -0.2) is 15.8 Å². The number of aryl methyl sites for hydroxylation is 2. The third kappa shape index (κ3) is 2.13. The highest BCUT2D eigenvalue weighted by Gasteiger charge is 2.25. The first-order valence-corrected chi connectivity index (χ1v) is 6.65. The van der Waals surface area contributed by atoms with Gasteiger partial charge < -0.3 is 10.6 Å². The highest BCUT2D eigenvalue weighted by atomic mass is 16.2. The van der Waals surface area contributed by atoms with Crippen molar-refractivity contribution in [2.24, 2.45) is 0 Å². The standard InChI is InChI=1S/C16H17N3O/c1-10-3-6-15(11(2)18-10)16(20)19-8-12-4-5-14(17)7-13(12)9-19/h3-7H,8-9,17H2,1-2H3. The molecule has 0 unspecified atom stereocenters. The fraction of sp³-hybridized carbons (Fsp3) is 0.250. The topological polar surface area (TPSA) is 59.2 Å². The largest absolute Gasteiger partial charge is 0.399 e. The Balaban J connectivity index is 1.87. The normalized spacial score (nSPS) is 13.4. The number of nitrogen functional groups attached to an aromatic ring is 1. The van der Waals surface area contributed by atoms with Gasteiger partial charge in [0.2, 0.25) is 0 Å². The number of rotatable bonds is 1. The van der Waals surface area contributed by atoms with E-state index in [1.165, 1.54) is 5.56 Å². The lowest BCUT2D eigenvalue weighted by atomic mass is 10.1. The van der Waals surface area contributed by atoms with Crippen LogP contribution in [0.4, 0.5) is 5.69 Å². The lowest BCUT2D eigenvalue weighted by molar-refractivity contribution is 0.0750. The number of benzene rings is 1. The average Bonchev–Trinajstić information content (AvgIpc) is 2.81. The molecule has 1 aromatic heterocycles. The summed E-state index contributed by atoms with van der Waals surface area (Å²) < 4.78 is 0. The fourth-order valence-electron chi connectivity index (χ4n) is 2.64. The minimum absolute atomic E-state index is 0.0322. The summed E-state index contributed by atoms with van der Waals surface area (Å²) in [7, 11) is 0. The first-order chi connectivity index (χ1) is 9.54. The Morgan fingerprint density at radius 1 is 1.15 bits per heavy atom. The molecule has 1 amide bonds. The molecule has 1 aliphatic heterocycles. The zero-order valence-electron chi connectivity index (χ0n) is 11.7. The van der Waals surface area contributed by atoms with E-state index < -0.39 is 0 Å². The summed E-state index contributed by atoms with van der Waals surface area (Å²) in [5, 5.41) is 0. The van der Waals surface area contributed by atoms with Crippen LogP contribution in [0.1, 0.15) is 32.9 Å². The summed E-state index contributed by atoms with van der Waals surface area (Å²) in [6, 6.07) is 9.56. The molecule has 0 saturated carbocycles. The van der Waals surface area contributed by atoms with Crippen molar-refractivity contribution in [2.75, 3.05) is 5.73 Å². The Morgan fingerprint density at radius 2 is 1.90 bits per heavy atom. The van der Waals surface area contributed by atoms with Crippen molar-refractivity contribution in [3.05, 3.63) is 58.4 Å². The smallest absolute Gasteiger partial charge is 0.256 e. The molecule has 0 saturated heterocycles. The number of nitrogens with two attached hydrogens (primary N) is 1. The van der Waals surface area contributed by atoms with Crippen molar-refractivity contribution in [1.29, 1.82) is 0 Å². The van der Waals surface area contributed by atoms with Gasteiger partial charge in [-0.1, -0.05) is 6.07 Å². The lowest BCUT2D eigenvalue weighted by Crippen LogP contribution is -2.26. The van der Waals surface area contributed by atoms with Gasteiger partial charge in [0.1, 0.15) is 0 Å². The number of amides is 1. The number of hydrogen-bond acceptors (Lipinski definition) is 3. The van der Waals surface area contributed by atoms with Gasteiger partial charge in [-0.05, 0) is 49.2 Å². The number of fused-ring (bicyclic) bond motifs is 1. The Labute approximate surface area is 118 Å². The molecule has 1 aromatic carbocycles. The third-order valence-electron chi connectivity index (χ3n) is 3.70. The fourth-order valence-corrected chi connectivity index (χ4v) is 2.64. The van der Waals surface area contributed by atoms with Crippen LogP contribution < -0.4 is 5.73 Å². The van der Waals surface area contributed by atoms with Crippen LogP contribution >= 0.6 is 0 Å². The zero-order chi connectivity index (χ0) is 14.3. The van der Waals surface area contributed by atoms with Crippen LogP contribution in [0.15, 0.2) is 30.3 Å². The van der Waals surface area contributed by atoms with E-state index in [-0.39, 0.29) is 5.91 Å². The van der Waals surface area contributed by atoms with Gasteiger partial charge in [0, 0.05) is 24.5 Å². The van der Waals surface area contributed by atoms with Gasteiger partial charge in [-0.15, -0.1) is 0 Å². The third-order valence-corrected chi connectivity index (χ3v) is 3.70. The molecule has 4 nitrogen and oxygen atoms in total. The molecule has 2 aromatic rings. The highest BCUT2D eigenvalue weighted by molar-refractivity contribution is 5.95. The van der Waals surface area contributed by atoms with Crippen molar-refractivity contribution in [1.82, 2.24) is 9.88 Å². The molecule has 4 heteroatoms. The van der Waals surface area contributed by atoms with Crippen LogP contribution in [0, 0.1) is 13.8 Å². The first-order valence-electron chi connectivity index (χ1n) is 6.65. The highest BCUT2D eigenvalue weighted by Crippen LogP contribution is 2.26. The van der Waals surface area contributed by atoms with E-state index in [4.69, 9.17) is 5.73 Å². The maximum absolute atomic E-state index is 12.6. The van der Waals surface area contributed by atoms with Crippen LogP contribution in [0.25, 0.3) is 0 Å². The van der Waals surface area contributed by atoms with Gasteiger partial charge in [0.25, 0.3) is 5.91 Å². The predicted octanol–water partition coefficient (Wildman–Crippen LogP) is 2.44.